The summed E-state index contributed by atoms with van der Waals surface area (Å²) in [6, 6.07) is 10.3. The van der Waals surface area contributed by atoms with E-state index in [1.165, 1.54) is 13.0 Å². The molecule has 1 atom stereocenters. The first kappa shape index (κ1) is 17.5. The Bertz CT molecular complexity index is 900. The molecule has 1 aliphatic heterocycles. The first-order valence-electron chi connectivity index (χ1n) is 7.56. The van der Waals surface area contributed by atoms with E-state index in [0.717, 1.165) is 0 Å². The normalized spacial score (nSPS) is 15.7. The third-order valence-corrected chi connectivity index (χ3v) is 4.20. The molecule has 2 aromatic carbocycles. The second-order valence-corrected chi connectivity index (χ2v) is 6.67. The van der Waals surface area contributed by atoms with Crippen molar-refractivity contribution in [2.24, 2.45) is 0 Å². The van der Waals surface area contributed by atoms with Crippen molar-refractivity contribution in [2.75, 3.05) is 0 Å². The Morgan fingerprint density at radius 2 is 2.00 bits per heavy atom. The highest BCUT2D eigenvalue weighted by atomic mass is 35.5. The average molecular weight is 377 g/mol. The minimum atomic E-state index is -0.771. The fraction of sp³-hybridized carbons (Fsp3) is 0.158. The van der Waals surface area contributed by atoms with Crippen molar-refractivity contribution in [1.82, 2.24) is 0 Å². The van der Waals surface area contributed by atoms with E-state index in [0.29, 0.717) is 27.5 Å². The zero-order valence-electron chi connectivity index (χ0n) is 13.5. The first-order chi connectivity index (χ1) is 11.9. The molecule has 0 saturated heterocycles. The van der Waals surface area contributed by atoms with Gasteiger partial charge in [-0.1, -0.05) is 29.8 Å². The summed E-state index contributed by atoms with van der Waals surface area (Å²) in [5.41, 5.74) is 1.77. The van der Waals surface area contributed by atoms with E-state index in [2.05, 4.69) is 0 Å². The highest BCUT2D eigenvalue weighted by Crippen LogP contribution is 2.38. The summed E-state index contributed by atoms with van der Waals surface area (Å²) >= 11 is 11.8. The van der Waals surface area contributed by atoms with Crippen LogP contribution in [0.4, 0.5) is 0 Å². The minimum Gasteiger partial charge on any atom is -0.452 e. The Balaban J connectivity index is 1.95. The average Bonchev–Trinajstić information content (AvgIpc) is 2.86. The van der Waals surface area contributed by atoms with Crippen LogP contribution in [0.3, 0.4) is 0 Å². The fourth-order valence-electron chi connectivity index (χ4n) is 2.47. The molecular weight excluding hydrogens is 363 g/mol. The zero-order chi connectivity index (χ0) is 18.1. The maximum atomic E-state index is 12.6. The van der Waals surface area contributed by atoms with Crippen LogP contribution in [0.25, 0.3) is 6.08 Å². The van der Waals surface area contributed by atoms with Gasteiger partial charge in [-0.05, 0) is 43.2 Å². The summed E-state index contributed by atoms with van der Waals surface area (Å²) in [4.78, 5) is 24.3. The van der Waals surface area contributed by atoms with Crippen LogP contribution in [0, 0.1) is 6.92 Å². The van der Waals surface area contributed by atoms with Gasteiger partial charge in [-0.25, -0.2) is 0 Å². The molecule has 0 fully saturated rings. The molecule has 0 aliphatic carbocycles. The standard InChI is InChI=1S/C19H14Cl2O4/c1-10-7-13(24-19(23)11(2)20)9-15-17(10)18(22)16(25-15)8-12-5-3-4-6-14(12)21/h3-9,11H,1-2H3/b16-8-. The molecule has 128 valence electrons. The third kappa shape index (κ3) is 3.55. The van der Waals surface area contributed by atoms with Gasteiger partial charge in [0, 0.05) is 11.1 Å². The van der Waals surface area contributed by atoms with Crippen molar-refractivity contribution in [3.63, 3.8) is 0 Å². The molecule has 0 aromatic heterocycles. The third-order valence-electron chi connectivity index (χ3n) is 3.68. The van der Waals surface area contributed by atoms with E-state index >= 15 is 0 Å². The lowest BCUT2D eigenvalue weighted by molar-refractivity contribution is -0.133. The molecule has 1 heterocycles. The molecule has 0 bridgehead atoms. The molecule has 0 spiro atoms. The number of hydrogen-bond donors (Lipinski definition) is 0. The molecular formula is C19H14Cl2O4. The van der Waals surface area contributed by atoms with Gasteiger partial charge in [0.15, 0.2) is 5.76 Å². The maximum Gasteiger partial charge on any atom is 0.329 e. The summed E-state index contributed by atoms with van der Waals surface area (Å²) < 4.78 is 10.9. The van der Waals surface area contributed by atoms with E-state index < -0.39 is 11.3 Å². The van der Waals surface area contributed by atoms with Crippen LogP contribution in [-0.4, -0.2) is 17.1 Å². The monoisotopic (exact) mass is 376 g/mol. The van der Waals surface area contributed by atoms with Crippen molar-refractivity contribution in [1.29, 1.82) is 0 Å². The molecule has 0 radical (unpaired) electrons. The number of allylic oxidation sites excluding steroid dienone is 1. The Kier molecular flexibility index (Phi) is 4.84. The van der Waals surface area contributed by atoms with Crippen LogP contribution < -0.4 is 9.47 Å². The molecule has 0 saturated carbocycles. The van der Waals surface area contributed by atoms with Gasteiger partial charge < -0.3 is 9.47 Å². The molecule has 3 rings (SSSR count). The topological polar surface area (TPSA) is 52.6 Å². The Hall–Kier alpha value is -2.30. The molecule has 0 amide bonds. The SMILES string of the molecule is Cc1cc(OC(=O)C(C)Cl)cc2c1C(=O)/C(=C/c1ccccc1Cl)O2. The Morgan fingerprint density at radius 1 is 1.28 bits per heavy atom. The number of alkyl halides is 1. The molecule has 0 N–H and O–H groups in total. The van der Waals surface area contributed by atoms with Gasteiger partial charge in [0.25, 0.3) is 0 Å². The van der Waals surface area contributed by atoms with E-state index in [1.54, 1.807) is 37.3 Å². The predicted molar refractivity (Wildman–Crippen MR) is 96.5 cm³/mol. The van der Waals surface area contributed by atoms with Crippen molar-refractivity contribution >= 4 is 41.0 Å². The molecule has 1 unspecified atom stereocenters. The van der Waals surface area contributed by atoms with Gasteiger partial charge in [0.1, 0.15) is 16.9 Å². The van der Waals surface area contributed by atoms with Gasteiger partial charge in [0.2, 0.25) is 5.78 Å². The zero-order valence-corrected chi connectivity index (χ0v) is 15.0. The number of benzene rings is 2. The molecule has 2 aromatic rings. The summed E-state index contributed by atoms with van der Waals surface area (Å²) in [5, 5.41) is -0.253. The van der Waals surface area contributed by atoms with Gasteiger partial charge in [-0.15, -0.1) is 11.6 Å². The second kappa shape index (κ2) is 6.90. The van der Waals surface area contributed by atoms with E-state index in [9.17, 15) is 9.59 Å². The van der Waals surface area contributed by atoms with Gasteiger partial charge in [-0.2, -0.15) is 0 Å². The van der Waals surface area contributed by atoms with Crippen molar-refractivity contribution in [3.8, 4) is 11.5 Å². The number of aryl methyl sites for hydroxylation is 1. The highest BCUT2D eigenvalue weighted by molar-refractivity contribution is 6.32. The van der Waals surface area contributed by atoms with Crippen molar-refractivity contribution in [2.45, 2.75) is 19.2 Å². The van der Waals surface area contributed by atoms with Crippen LogP contribution >= 0.6 is 23.2 Å². The number of carbonyl (C=O) groups is 2. The maximum absolute atomic E-state index is 12.6. The second-order valence-electron chi connectivity index (χ2n) is 5.61. The molecule has 6 heteroatoms. The smallest absolute Gasteiger partial charge is 0.329 e. The highest BCUT2D eigenvalue weighted by Gasteiger charge is 2.30. The summed E-state index contributed by atoms with van der Waals surface area (Å²) in [7, 11) is 0. The number of fused-ring (bicyclic) bond motifs is 1. The number of ketones is 1. The largest absolute Gasteiger partial charge is 0.452 e. The van der Waals surface area contributed by atoms with E-state index in [4.69, 9.17) is 32.7 Å². The molecule has 1 aliphatic rings. The van der Waals surface area contributed by atoms with Crippen LogP contribution in [0.1, 0.15) is 28.4 Å². The molecule has 25 heavy (non-hydrogen) atoms. The number of halogens is 2. The number of esters is 1. The Labute approximate surface area is 155 Å². The van der Waals surface area contributed by atoms with Gasteiger partial charge >= 0.3 is 5.97 Å². The van der Waals surface area contributed by atoms with Gasteiger partial charge in [0.05, 0.1) is 5.56 Å². The number of ether oxygens (including phenoxy) is 2. The summed E-state index contributed by atoms with van der Waals surface area (Å²) in [6.07, 6.45) is 1.59. The molecule has 4 nitrogen and oxygen atoms in total. The van der Waals surface area contributed by atoms with Crippen molar-refractivity contribution < 1.29 is 19.1 Å². The summed E-state index contributed by atoms with van der Waals surface area (Å²) in [6.45, 7) is 3.27. The lowest BCUT2D eigenvalue weighted by Crippen LogP contribution is -2.17. The Morgan fingerprint density at radius 3 is 2.68 bits per heavy atom. The summed E-state index contributed by atoms with van der Waals surface area (Å²) in [5.74, 6) is -0.0255. The minimum absolute atomic E-state index is 0.167. The van der Waals surface area contributed by atoms with Crippen molar-refractivity contribution in [3.05, 3.63) is 63.9 Å². The fourth-order valence-corrected chi connectivity index (χ4v) is 2.70. The quantitative estimate of drug-likeness (QED) is 0.334. The van der Waals surface area contributed by atoms with E-state index in [1.807, 2.05) is 6.07 Å². The van der Waals surface area contributed by atoms with Gasteiger partial charge in [-0.3, -0.25) is 9.59 Å². The van der Waals surface area contributed by atoms with Crippen LogP contribution in [-0.2, 0) is 4.79 Å². The number of rotatable bonds is 3. The lowest BCUT2D eigenvalue weighted by Gasteiger charge is -2.08. The van der Waals surface area contributed by atoms with Crippen LogP contribution in [0.15, 0.2) is 42.2 Å². The van der Waals surface area contributed by atoms with Crippen LogP contribution in [0.2, 0.25) is 5.02 Å². The number of carbonyl (C=O) groups excluding carboxylic acids is 2. The van der Waals surface area contributed by atoms with E-state index in [-0.39, 0.29) is 17.3 Å². The number of hydrogen-bond acceptors (Lipinski definition) is 4. The van der Waals surface area contributed by atoms with Crippen LogP contribution in [0.5, 0.6) is 11.5 Å². The first-order valence-corrected chi connectivity index (χ1v) is 8.37. The predicted octanol–water partition coefficient (Wildman–Crippen LogP) is 4.80. The number of Topliss-reactive ketones (excluding diaryl/α,β-unsaturated/α-hetero) is 1. The lowest BCUT2D eigenvalue weighted by atomic mass is 10.0.